The van der Waals surface area contributed by atoms with E-state index >= 15 is 0 Å². The van der Waals surface area contributed by atoms with Crippen molar-refractivity contribution in [1.82, 2.24) is 0 Å². The van der Waals surface area contributed by atoms with Gasteiger partial charge in [0, 0.05) is 5.02 Å². The fourth-order valence-corrected chi connectivity index (χ4v) is 2.27. The average Bonchev–Trinajstić information content (AvgIpc) is 2.62. The van der Waals surface area contributed by atoms with Gasteiger partial charge in [-0.2, -0.15) is 0 Å². The van der Waals surface area contributed by atoms with E-state index in [0.717, 1.165) is 29.0 Å². The summed E-state index contributed by atoms with van der Waals surface area (Å²) in [7, 11) is 1.42. The molecule has 0 saturated carbocycles. The number of rotatable bonds is 1. The molecule has 0 saturated heterocycles. The first-order valence-corrected chi connectivity index (χ1v) is 4.97. The van der Waals surface area contributed by atoms with Gasteiger partial charge in [-0.1, -0.05) is 23.7 Å². The highest BCUT2D eigenvalue weighted by atomic mass is 35.5. The quantitative estimate of drug-likeness (QED) is 0.666. The fraction of sp³-hybridized carbons (Fsp3) is 0.364. The molecule has 0 aliphatic heterocycles. The Morgan fingerprint density at radius 2 is 2.36 bits per heavy atom. The number of methoxy groups -OCH3 is 1. The first kappa shape index (κ1) is 9.53. The summed E-state index contributed by atoms with van der Waals surface area (Å²) in [4.78, 5) is 11.4. The molecule has 0 amide bonds. The number of hydrogen-bond acceptors (Lipinski definition) is 2. The van der Waals surface area contributed by atoms with E-state index in [1.54, 1.807) is 0 Å². The van der Waals surface area contributed by atoms with Crippen LogP contribution in [0.15, 0.2) is 18.2 Å². The summed E-state index contributed by atoms with van der Waals surface area (Å²) in [6.07, 6.45) is 1.68. The maximum absolute atomic E-state index is 11.4. The number of halogens is 1. The Morgan fingerprint density at radius 3 is 3.07 bits per heavy atom. The van der Waals surface area contributed by atoms with Crippen molar-refractivity contribution in [2.45, 2.75) is 18.8 Å². The van der Waals surface area contributed by atoms with Crippen molar-refractivity contribution in [3.05, 3.63) is 34.3 Å². The minimum atomic E-state index is -0.161. The van der Waals surface area contributed by atoms with Crippen molar-refractivity contribution in [2.24, 2.45) is 0 Å². The number of carbonyl (C=O) groups is 1. The lowest BCUT2D eigenvalue weighted by molar-refractivity contribution is -0.142. The van der Waals surface area contributed by atoms with Crippen LogP contribution in [0.4, 0.5) is 0 Å². The maximum Gasteiger partial charge on any atom is 0.313 e. The molecular formula is C11H11ClO2. The zero-order valence-electron chi connectivity index (χ0n) is 7.92. The monoisotopic (exact) mass is 210 g/mol. The molecule has 0 spiro atoms. The van der Waals surface area contributed by atoms with Crippen LogP contribution in [-0.2, 0) is 16.0 Å². The van der Waals surface area contributed by atoms with Crippen LogP contribution in [0.5, 0.6) is 0 Å². The third-order valence-corrected chi connectivity index (χ3v) is 3.05. The van der Waals surface area contributed by atoms with Gasteiger partial charge in [-0.3, -0.25) is 4.79 Å². The molecule has 0 N–H and O–H groups in total. The molecule has 2 rings (SSSR count). The molecule has 14 heavy (non-hydrogen) atoms. The first-order chi connectivity index (χ1) is 6.74. The van der Waals surface area contributed by atoms with E-state index < -0.39 is 0 Å². The highest BCUT2D eigenvalue weighted by Crippen LogP contribution is 2.37. The molecule has 1 aliphatic rings. The highest BCUT2D eigenvalue weighted by molar-refractivity contribution is 6.31. The van der Waals surface area contributed by atoms with Gasteiger partial charge in [0.2, 0.25) is 0 Å². The van der Waals surface area contributed by atoms with Crippen LogP contribution in [0.25, 0.3) is 0 Å². The van der Waals surface area contributed by atoms with Crippen LogP contribution in [0.3, 0.4) is 0 Å². The van der Waals surface area contributed by atoms with Crippen LogP contribution >= 0.6 is 11.6 Å². The van der Waals surface area contributed by atoms with Crippen molar-refractivity contribution in [3.63, 3.8) is 0 Å². The van der Waals surface area contributed by atoms with Gasteiger partial charge in [-0.25, -0.2) is 0 Å². The summed E-state index contributed by atoms with van der Waals surface area (Å²) in [5.41, 5.74) is 2.13. The topological polar surface area (TPSA) is 26.3 Å². The molecule has 0 aromatic heterocycles. The van der Waals surface area contributed by atoms with E-state index in [1.807, 2.05) is 18.2 Å². The second-order valence-electron chi connectivity index (χ2n) is 3.42. The summed E-state index contributed by atoms with van der Waals surface area (Å²) in [5.74, 6) is -0.278. The molecule has 1 atom stereocenters. The lowest BCUT2D eigenvalue weighted by Crippen LogP contribution is -2.11. The SMILES string of the molecule is COC(=O)C1CCc2c(Cl)cccc21. The van der Waals surface area contributed by atoms with Crippen LogP contribution in [0.2, 0.25) is 5.02 Å². The standard InChI is InChI=1S/C11H11ClO2/c1-14-11(13)9-6-5-8-7(9)3-2-4-10(8)12/h2-4,9H,5-6H2,1H3. The molecule has 3 heteroatoms. The van der Waals surface area contributed by atoms with Crippen LogP contribution in [0, 0.1) is 0 Å². The van der Waals surface area contributed by atoms with Crippen molar-refractivity contribution >= 4 is 17.6 Å². The summed E-state index contributed by atoms with van der Waals surface area (Å²) in [6.45, 7) is 0. The van der Waals surface area contributed by atoms with Gasteiger partial charge in [0.15, 0.2) is 0 Å². The van der Waals surface area contributed by atoms with Crippen molar-refractivity contribution in [3.8, 4) is 0 Å². The van der Waals surface area contributed by atoms with Gasteiger partial charge < -0.3 is 4.74 Å². The van der Waals surface area contributed by atoms with E-state index in [4.69, 9.17) is 16.3 Å². The second-order valence-corrected chi connectivity index (χ2v) is 3.83. The molecule has 1 unspecified atom stereocenters. The Hall–Kier alpha value is -1.02. The van der Waals surface area contributed by atoms with Crippen LogP contribution < -0.4 is 0 Å². The normalized spacial score (nSPS) is 19.1. The average molecular weight is 211 g/mol. The maximum atomic E-state index is 11.4. The molecule has 1 aliphatic carbocycles. The number of esters is 1. The Bertz CT molecular complexity index is 374. The first-order valence-electron chi connectivity index (χ1n) is 4.59. The molecular weight excluding hydrogens is 200 g/mol. The molecule has 0 heterocycles. The van der Waals surface area contributed by atoms with Crippen LogP contribution in [0.1, 0.15) is 23.5 Å². The molecule has 1 aromatic rings. The van der Waals surface area contributed by atoms with E-state index in [1.165, 1.54) is 7.11 Å². The minimum Gasteiger partial charge on any atom is -0.469 e. The third kappa shape index (κ3) is 1.40. The zero-order valence-corrected chi connectivity index (χ0v) is 8.67. The lowest BCUT2D eigenvalue weighted by atomic mass is 10.0. The second kappa shape index (κ2) is 3.62. The fourth-order valence-electron chi connectivity index (χ4n) is 2.00. The van der Waals surface area contributed by atoms with E-state index in [2.05, 4.69) is 0 Å². The predicted octanol–water partition coefficient (Wildman–Crippen LogP) is 2.54. The van der Waals surface area contributed by atoms with Gasteiger partial charge in [-0.05, 0) is 30.0 Å². The zero-order chi connectivity index (χ0) is 10.1. The summed E-state index contributed by atoms with van der Waals surface area (Å²) in [5, 5.41) is 0.758. The summed E-state index contributed by atoms with van der Waals surface area (Å²) >= 11 is 6.03. The molecule has 0 bridgehead atoms. The number of carbonyl (C=O) groups excluding carboxylic acids is 1. The molecule has 74 valence electrons. The molecule has 0 radical (unpaired) electrons. The molecule has 2 nitrogen and oxygen atoms in total. The van der Waals surface area contributed by atoms with E-state index in [0.29, 0.717) is 0 Å². The van der Waals surface area contributed by atoms with E-state index in [9.17, 15) is 4.79 Å². The third-order valence-electron chi connectivity index (χ3n) is 2.70. The minimum absolute atomic E-state index is 0.117. The summed E-state index contributed by atoms with van der Waals surface area (Å²) in [6, 6.07) is 5.69. The number of benzene rings is 1. The molecule has 1 aromatic carbocycles. The van der Waals surface area contributed by atoms with Gasteiger partial charge in [0.05, 0.1) is 13.0 Å². The predicted molar refractivity (Wildman–Crippen MR) is 54.5 cm³/mol. The number of ether oxygens (including phenoxy) is 1. The summed E-state index contributed by atoms with van der Waals surface area (Å²) < 4.78 is 4.75. The van der Waals surface area contributed by atoms with E-state index in [-0.39, 0.29) is 11.9 Å². The van der Waals surface area contributed by atoms with Gasteiger partial charge in [0.1, 0.15) is 0 Å². The van der Waals surface area contributed by atoms with Crippen LogP contribution in [-0.4, -0.2) is 13.1 Å². The Kier molecular flexibility index (Phi) is 2.46. The van der Waals surface area contributed by atoms with Crippen molar-refractivity contribution < 1.29 is 9.53 Å². The lowest BCUT2D eigenvalue weighted by Gasteiger charge is -2.08. The Labute approximate surface area is 87.8 Å². The number of fused-ring (bicyclic) bond motifs is 1. The van der Waals surface area contributed by atoms with Gasteiger partial charge in [0.25, 0.3) is 0 Å². The van der Waals surface area contributed by atoms with Gasteiger partial charge >= 0.3 is 5.97 Å². The molecule has 0 fully saturated rings. The van der Waals surface area contributed by atoms with Gasteiger partial charge in [-0.15, -0.1) is 0 Å². The number of hydrogen-bond donors (Lipinski definition) is 0. The highest BCUT2D eigenvalue weighted by Gasteiger charge is 2.30. The van der Waals surface area contributed by atoms with Crippen molar-refractivity contribution in [1.29, 1.82) is 0 Å². The Balaban J connectivity index is 2.40. The largest absolute Gasteiger partial charge is 0.469 e. The van der Waals surface area contributed by atoms with Crippen molar-refractivity contribution in [2.75, 3.05) is 7.11 Å². The Morgan fingerprint density at radius 1 is 1.57 bits per heavy atom. The smallest absolute Gasteiger partial charge is 0.313 e.